The number of hydrogen-bond donors (Lipinski definition) is 1. The molecule has 0 bridgehead atoms. The van der Waals surface area contributed by atoms with E-state index < -0.39 is 15.5 Å². The normalized spacial score (nSPS) is 20.6. The molecule has 0 aliphatic carbocycles. The molecule has 166 valence electrons. The third-order valence-corrected chi connectivity index (χ3v) is 7.47. The SMILES string of the molecule is I.NC(=NCC1CCN(S(=O)(=O)C(F)(F)F)CC1)N1CCN(c2nccs2)CC1. The largest absolute Gasteiger partial charge is 0.511 e. The number of anilines is 1. The van der Waals surface area contributed by atoms with Crippen LogP contribution in [0, 0.1) is 5.92 Å². The van der Waals surface area contributed by atoms with Crippen molar-refractivity contribution in [2.24, 2.45) is 16.6 Å². The van der Waals surface area contributed by atoms with Crippen molar-refractivity contribution in [2.45, 2.75) is 18.3 Å². The zero-order valence-electron chi connectivity index (χ0n) is 15.6. The number of piperidine rings is 1. The molecule has 1 aromatic heterocycles. The molecule has 0 aromatic carbocycles. The molecule has 0 radical (unpaired) electrons. The third kappa shape index (κ3) is 5.85. The maximum atomic E-state index is 12.6. The molecule has 0 amide bonds. The minimum Gasteiger partial charge on any atom is -0.370 e. The van der Waals surface area contributed by atoms with Crippen LogP contribution in [0.5, 0.6) is 0 Å². The van der Waals surface area contributed by atoms with Crippen LogP contribution in [0.15, 0.2) is 16.6 Å². The van der Waals surface area contributed by atoms with E-state index in [9.17, 15) is 21.6 Å². The van der Waals surface area contributed by atoms with Gasteiger partial charge >= 0.3 is 15.5 Å². The quantitative estimate of drug-likeness (QED) is 0.338. The number of hydrogen-bond acceptors (Lipinski definition) is 6. The van der Waals surface area contributed by atoms with Gasteiger partial charge in [-0.3, -0.25) is 4.99 Å². The first kappa shape index (κ1) is 24.4. The van der Waals surface area contributed by atoms with Crippen LogP contribution >= 0.6 is 35.3 Å². The number of sulfonamides is 1. The van der Waals surface area contributed by atoms with Crippen LogP contribution < -0.4 is 10.6 Å². The molecule has 3 heterocycles. The topological polar surface area (TPSA) is 95.1 Å². The molecule has 3 rings (SSSR count). The molecule has 14 heteroatoms. The van der Waals surface area contributed by atoms with Gasteiger partial charge in [0.1, 0.15) is 0 Å². The summed E-state index contributed by atoms with van der Waals surface area (Å²) in [5.74, 6) is 0.443. The number of thiazole rings is 1. The first-order chi connectivity index (χ1) is 13.2. The number of piperazine rings is 1. The number of alkyl halides is 3. The number of halogens is 4. The highest BCUT2D eigenvalue weighted by molar-refractivity contribution is 14.0. The van der Waals surface area contributed by atoms with E-state index >= 15 is 0 Å². The fourth-order valence-electron chi connectivity index (χ4n) is 3.30. The van der Waals surface area contributed by atoms with Crippen molar-refractivity contribution in [3.05, 3.63) is 11.6 Å². The van der Waals surface area contributed by atoms with Gasteiger partial charge in [-0.15, -0.1) is 35.3 Å². The number of nitrogens with zero attached hydrogens (tertiary/aromatic N) is 5. The fraction of sp³-hybridized carbons (Fsp3) is 0.733. The first-order valence-corrected chi connectivity index (χ1v) is 11.3. The summed E-state index contributed by atoms with van der Waals surface area (Å²) in [6.45, 7) is 3.12. The van der Waals surface area contributed by atoms with Gasteiger partial charge in [0.05, 0.1) is 0 Å². The summed E-state index contributed by atoms with van der Waals surface area (Å²) in [7, 11) is -5.24. The summed E-state index contributed by atoms with van der Waals surface area (Å²) in [5, 5.41) is 2.92. The Bertz CT molecular complexity index is 774. The Labute approximate surface area is 189 Å². The van der Waals surface area contributed by atoms with Gasteiger partial charge in [-0.1, -0.05) is 0 Å². The van der Waals surface area contributed by atoms with Crippen LogP contribution in [-0.2, 0) is 10.0 Å². The van der Waals surface area contributed by atoms with E-state index in [1.165, 1.54) is 0 Å². The van der Waals surface area contributed by atoms with Crippen LogP contribution in [-0.4, -0.2) is 79.9 Å². The number of rotatable bonds is 4. The van der Waals surface area contributed by atoms with Crippen molar-refractivity contribution >= 4 is 56.4 Å². The number of aromatic nitrogens is 1. The molecule has 2 saturated heterocycles. The average molecular weight is 568 g/mol. The number of aliphatic imine (C=N–C) groups is 1. The van der Waals surface area contributed by atoms with Crippen LogP contribution in [0.25, 0.3) is 0 Å². The first-order valence-electron chi connectivity index (χ1n) is 8.94. The van der Waals surface area contributed by atoms with Crippen molar-refractivity contribution < 1.29 is 21.6 Å². The van der Waals surface area contributed by atoms with Crippen molar-refractivity contribution in [3.63, 3.8) is 0 Å². The molecule has 0 saturated carbocycles. The molecule has 8 nitrogen and oxygen atoms in total. The van der Waals surface area contributed by atoms with Gasteiger partial charge in [-0.05, 0) is 18.8 Å². The molecule has 0 atom stereocenters. The minimum absolute atomic E-state index is 0. The molecular formula is C15H24F3IN6O2S2. The van der Waals surface area contributed by atoms with Crippen molar-refractivity contribution in [3.8, 4) is 0 Å². The molecule has 1 aromatic rings. The second kappa shape index (κ2) is 9.96. The van der Waals surface area contributed by atoms with Crippen LogP contribution in [0.2, 0.25) is 0 Å². The highest BCUT2D eigenvalue weighted by Crippen LogP contribution is 2.30. The Morgan fingerprint density at radius 2 is 1.83 bits per heavy atom. The summed E-state index contributed by atoms with van der Waals surface area (Å²) in [4.78, 5) is 12.9. The molecule has 2 aliphatic rings. The monoisotopic (exact) mass is 568 g/mol. The van der Waals surface area contributed by atoms with Crippen LogP contribution in [0.1, 0.15) is 12.8 Å². The molecule has 0 unspecified atom stereocenters. The van der Waals surface area contributed by atoms with Gasteiger partial charge in [0.15, 0.2) is 11.1 Å². The van der Waals surface area contributed by atoms with Gasteiger partial charge in [0.2, 0.25) is 0 Å². The third-order valence-electron chi connectivity index (χ3n) is 5.01. The van der Waals surface area contributed by atoms with Crippen molar-refractivity contribution in [1.82, 2.24) is 14.2 Å². The molecule has 0 spiro atoms. The second-order valence-electron chi connectivity index (χ2n) is 6.78. The fourth-order valence-corrected chi connectivity index (χ4v) is 4.98. The maximum absolute atomic E-state index is 12.6. The van der Waals surface area contributed by atoms with E-state index in [-0.39, 0.29) is 43.0 Å². The molecule has 2 N–H and O–H groups in total. The Balaban J connectivity index is 0.00000300. The molecule has 2 fully saturated rings. The van der Waals surface area contributed by atoms with Gasteiger partial charge in [-0.25, -0.2) is 13.4 Å². The smallest absolute Gasteiger partial charge is 0.370 e. The summed E-state index contributed by atoms with van der Waals surface area (Å²) < 4.78 is 61.2. The van der Waals surface area contributed by atoms with E-state index in [1.807, 2.05) is 10.3 Å². The lowest BCUT2D eigenvalue weighted by atomic mass is 9.98. The standard InChI is InChI=1S/C15H23F3N6O2S2.HI/c16-15(17,18)28(25,26)24-4-1-12(2-5-24)11-21-13(19)22-6-8-23(9-7-22)14-20-3-10-27-14;/h3,10,12H,1-2,4-9,11H2,(H2,19,21);1H. The van der Waals surface area contributed by atoms with Gasteiger partial charge < -0.3 is 15.5 Å². The lowest BCUT2D eigenvalue weighted by molar-refractivity contribution is -0.0496. The van der Waals surface area contributed by atoms with Gasteiger partial charge in [0.25, 0.3) is 0 Å². The Morgan fingerprint density at radius 1 is 1.21 bits per heavy atom. The van der Waals surface area contributed by atoms with Crippen molar-refractivity contribution in [1.29, 1.82) is 0 Å². The highest BCUT2D eigenvalue weighted by Gasteiger charge is 2.50. The van der Waals surface area contributed by atoms with E-state index in [0.29, 0.717) is 29.7 Å². The lowest BCUT2D eigenvalue weighted by Crippen LogP contribution is -2.51. The Morgan fingerprint density at radius 3 is 2.34 bits per heavy atom. The average Bonchev–Trinajstić information content (AvgIpc) is 3.20. The van der Waals surface area contributed by atoms with Crippen LogP contribution in [0.3, 0.4) is 0 Å². The van der Waals surface area contributed by atoms with Gasteiger partial charge in [-0.2, -0.15) is 17.5 Å². The molecule has 29 heavy (non-hydrogen) atoms. The van der Waals surface area contributed by atoms with Crippen molar-refractivity contribution in [2.75, 3.05) is 50.7 Å². The maximum Gasteiger partial charge on any atom is 0.511 e. The van der Waals surface area contributed by atoms with E-state index in [2.05, 4.69) is 14.9 Å². The summed E-state index contributed by atoms with van der Waals surface area (Å²) in [5.41, 5.74) is 0.826. The minimum atomic E-state index is -5.25. The molecule has 2 aliphatic heterocycles. The van der Waals surface area contributed by atoms with E-state index in [4.69, 9.17) is 5.73 Å². The zero-order chi connectivity index (χ0) is 20.4. The van der Waals surface area contributed by atoms with Crippen LogP contribution in [0.4, 0.5) is 18.3 Å². The lowest BCUT2D eigenvalue weighted by Gasteiger charge is -2.35. The summed E-state index contributed by atoms with van der Waals surface area (Å²) in [6, 6.07) is 0. The zero-order valence-corrected chi connectivity index (χ0v) is 19.5. The highest BCUT2D eigenvalue weighted by atomic mass is 127. The molecular weight excluding hydrogens is 544 g/mol. The Kier molecular flexibility index (Phi) is 8.38. The number of nitrogens with two attached hydrogens (primary N) is 1. The summed E-state index contributed by atoms with van der Waals surface area (Å²) >= 11 is 1.59. The predicted molar refractivity (Wildman–Crippen MR) is 117 cm³/mol. The van der Waals surface area contributed by atoms with E-state index in [1.54, 1.807) is 17.5 Å². The second-order valence-corrected chi connectivity index (χ2v) is 9.58. The van der Waals surface area contributed by atoms with Gasteiger partial charge in [0, 0.05) is 57.4 Å². The Hall–Kier alpha value is -0.870. The van der Waals surface area contributed by atoms with E-state index in [0.717, 1.165) is 31.3 Å². The predicted octanol–water partition coefficient (Wildman–Crippen LogP) is 1.76. The number of guanidine groups is 1. The summed E-state index contributed by atoms with van der Waals surface area (Å²) in [6.07, 6.45) is 2.45.